The second-order valence-corrected chi connectivity index (χ2v) is 8.31. The minimum atomic E-state index is -3.77. The first-order valence-electron chi connectivity index (χ1n) is 8.92. The number of para-hydroxylation sites is 2. The molecule has 0 spiro atoms. The predicted octanol–water partition coefficient (Wildman–Crippen LogP) is 2.23. The molecule has 3 rings (SSSR count). The molecule has 3 amide bonds. The zero-order valence-corrected chi connectivity index (χ0v) is 16.0. The summed E-state index contributed by atoms with van der Waals surface area (Å²) in [5, 5.41) is 7.98. The first kappa shape index (κ1) is 19.8. The number of hydrogen-bond acceptors (Lipinski definition) is 4. The van der Waals surface area contributed by atoms with E-state index in [9.17, 15) is 18.0 Å². The summed E-state index contributed by atoms with van der Waals surface area (Å²) in [5.74, 6) is 0. The van der Waals surface area contributed by atoms with Gasteiger partial charge in [-0.25, -0.2) is 13.2 Å². The first-order valence-corrected chi connectivity index (χ1v) is 10.4. The van der Waals surface area contributed by atoms with Crippen molar-refractivity contribution in [2.24, 2.45) is 0 Å². The van der Waals surface area contributed by atoms with Crippen LogP contribution in [0.1, 0.15) is 12.8 Å². The number of amides is 3. The van der Waals surface area contributed by atoms with Gasteiger partial charge >= 0.3 is 6.03 Å². The summed E-state index contributed by atoms with van der Waals surface area (Å²) in [6.45, 7) is 0.608. The maximum absolute atomic E-state index is 13.1. The molecular formula is C19H22N4O4S. The third-order valence-corrected chi connectivity index (χ3v) is 6.50. The zero-order chi connectivity index (χ0) is 20.0. The minimum Gasteiger partial charge on any atom is -0.356 e. The third-order valence-electron chi connectivity index (χ3n) is 4.54. The number of carbonyl (C=O) groups excluding carboxylic acids is 2. The Labute approximate surface area is 164 Å². The highest BCUT2D eigenvalue weighted by molar-refractivity contribution is 7.89. The highest BCUT2D eigenvalue weighted by atomic mass is 32.2. The first-order chi connectivity index (χ1) is 13.5. The summed E-state index contributed by atoms with van der Waals surface area (Å²) < 4.78 is 27.5. The van der Waals surface area contributed by atoms with Crippen LogP contribution < -0.4 is 16.0 Å². The number of urea groups is 1. The van der Waals surface area contributed by atoms with Gasteiger partial charge in [0.2, 0.25) is 16.4 Å². The van der Waals surface area contributed by atoms with Gasteiger partial charge in [0.1, 0.15) is 4.90 Å². The van der Waals surface area contributed by atoms with Crippen molar-refractivity contribution in [3.63, 3.8) is 0 Å². The molecule has 148 valence electrons. The fourth-order valence-corrected chi connectivity index (χ4v) is 4.72. The largest absolute Gasteiger partial charge is 0.356 e. The van der Waals surface area contributed by atoms with E-state index in [1.807, 2.05) is 6.07 Å². The molecule has 1 aliphatic rings. The maximum atomic E-state index is 13.1. The lowest BCUT2D eigenvalue weighted by Crippen LogP contribution is -2.44. The lowest BCUT2D eigenvalue weighted by Gasteiger charge is -2.31. The molecule has 0 radical (unpaired) electrons. The minimum absolute atomic E-state index is 0.0195. The van der Waals surface area contributed by atoms with E-state index in [2.05, 4.69) is 16.0 Å². The summed E-state index contributed by atoms with van der Waals surface area (Å²) >= 11 is 0. The van der Waals surface area contributed by atoms with Crippen molar-refractivity contribution in [3.8, 4) is 0 Å². The van der Waals surface area contributed by atoms with Crippen molar-refractivity contribution in [2.45, 2.75) is 23.8 Å². The Morgan fingerprint density at radius 3 is 2.29 bits per heavy atom. The molecule has 0 aromatic heterocycles. The molecule has 1 saturated heterocycles. The van der Waals surface area contributed by atoms with Gasteiger partial charge in [0.05, 0.1) is 5.69 Å². The normalized spacial score (nSPS) is 15.6. The molecule has 2 aromatic carbocycles. The standard InChI is InChI=1S/C19H22N4O4S/c24-14-20-15-10-12-23(13-11-15)28(26,27)18-9-5-4-8-17(18)22-19(25)21-16-6-2-1-3-7-16/h1-9,14-15H,10-13H2,(H,20,24)(H2,21,22,25). The Morgan fingerprint density at radius 2 is 1.61 bits per heavy atom. The Kier molecular flexibility index (Phi) is 6.27. The molecule has 3 N–H and O–H groups in total. The van der Waals surface area contributed by atoms with Crippen LogP contribution in [0.3, 0.4) is 0 Å². The average Bonchev–Trinajstić information content (AvgIpc) is 2.70. The van der Waals surface area contributed by atoms with Gasteiger partial charge in [-0.15, -0.1) is 0 Å². The second-order valence-electron chi connectivity index (χ2n) is 6.40. The molecule has 0 aliphatic carbocycles. The summed E-state index contributed by atoms with van der Waals surface area (Å²) in [6, 6.07) is 14.6. The molecule has 8 nitrogen and oxygen atoms in total. The molecule has 9 heteroatoms. The molecule has 1 aliphatic heterocycles. The topological polar surface area (TPSA) is 108 Å². The van der Waals surface area contributed by atoms with Crippen molar-refractivity contribution in [1.29, 1.82) is 0 Å². The van der Waals surface area contributed by atoms with Crippen LogP contribution in [0.15, 0.2) is 59.5 Å². The fourth-order valence-electron chi connectivity index (χ4n) is 3.10. The third kappa shape index (κ3) is 4.68. The van der Waals surface area contributed by atoms with Gasteiger partial charge < -0.3 is 16.0 Å². The highest BCUT2D eigenvalue weighted by Gasteiger charge is 2.31. The zero-order valence-electron chi connectivity index (χ0n) is 15.2. The molecule has 0 unspecified atom stereocenters. The predicted molar refractivity (Wildman–Crippen MR) is 107 cm³/mol. The fraction of sp³-hybridized carbons (Fsp3) is 0.263. The maximum Gasteiger partial charge on any atom is 0.323 e. The van der Waals surface area contributed by atoms with E-state index in [0.29, 0.717) is 38.0 Å². The monoisotopic (exact) mass is 402 g/mol. The molecule has 0 bridgehead atoms. The van der Waals surface area contributed by atoms with Crippen molar-refractivity contribution >= 4 is 33.8 Å². The van der Waals surface area contributed by atoms with E-state index in [1.165, 1.54) is 10.4 Å². The number of benzene rings is 2. The van der Waals surface area contributed by atoms with Gasteiger partial charge in [-0.3, -0.25) is 4.79 Å². The van der Waals surface area contributed by atoms with Gasteiger partial charge in [0.15, 0.2) is 0 Å². The van der Waals surface area contributed by atoms with E-state index in [1.54, 1.807) is 42.5 Å². The molecule has 0 saturated carbocycles. The van der Waals surface area contributed by atoms with E-state index in [-0.39, 0.29) is 16.6 Å². The molecule has 28 heavy (non-hydrogen) atoms. The number of piperidine rings is 1. The summed E-state index contributed by atoms with van der Waals surface area (Å²) in [6.07, 6.45) is 1.73. The highest BCUT2D eigenvalue weighted by Crippen LogP contribution is 2.27. The number of nitrogens with zero attached hydrogens (tertiary/aromatic N) is 1. The van der Waals surface area contributed by atoms with Crippen LogP contribution in [0.2, 0.25) is 0 Å². The van der Waals surface area contributed by atoms with E-state index < -0.39 is 16.1 Å². The second kappa shape index (κ2) is 8.85. The Morgan fingerprint density at radius 1 is 0.964 bits per heavy atom. The van der Waals surface area contributed by atoms with Gasteiger partial charge in [0.25, 0.3) is 0 Å². The SMILES string of the molecule is O=CNC1CCN(S(=O)(=O)c2ccccc2NC(=O)Nc2ccccc2)CC1. The van der Waals surface area contributed by atoms with Crippen molar-refractivity contribution in [1.82, 2.24) is 9.62 Å². The van der Waals surface area contributed by atoms with E-state index >= 15 is 0 Å². The Hall–Kier alpha value is -2.91. The van der Waals surface area contributed by atoms with Crippen LogP contribution in [0, 0.1) is 0 Å². The Bertz CT molecular complexity index is 926. The van der Waals surface area contributed by atoms with Gasteiger partial charge in [-0.1, -0.05) is 30.3 Å². The van der Waals surface area contributed by atoms with E-state index in [0.717, 1.165) is 0 Å². The Balaban J connectivity index is 1.74. The molecule has 1 heterocycles. The van der Waals surface area contributed by atoms with Crippen LogP contribution in [0.4, 0.5) is 16.2 Å². The molecule has 1 fully saturated rings. The van der Waals surface area contributed by atoms with Crippen LogP contribution in [-0.4, -0.2) is 44.3 Å². The van der Waals surface area contributed by atoms with Crippen LogP contribution in [-0.2, 0) is 14.8 Å². The lowest BCUT2D eigenvalue weighted by molar-refractivity contribution is -0.110. The van der Waals surface area contributed by atoms with Gasteiger partial charge in [0, 0.05) is 24.8 Å². The van der Waals surface area contributed by atoms with Gasteiger partial charge in [-0.05, 0) is 37.1 Å². The van der Waals surface area contributed by atoms with Gasteiger partial charge in [-0.2, -0.15) is 4.31 Å². The summed E-state index contributed by atoms with van der Waals surface area (Å²) in [4.78, 5) is 22.9. The number of hydrogen-bond donors (Lipinski definition) is 3. The smallest absolute Gasteiger partial charge is 0.323 e. The average molecular weight is 402 g/mol. The number of carbonyl (C=O) groups is 2. The van der Waals surface area contributed by atoms with Crippen molar-refractivity contribution in [2.75, 3.05) is 23.7 Å². The number of rotatable bonds is 6. The molecular weight excluding hydrogens is 380 g/mol. The van der Waals surface area contributed by atoms with Crippen LogP contribution >= 0.6 is 0 Å². The van der Waals surface area contributed by atoms with Crippen LogP contribution in [0.25, 0.3) is 0 Å². The number of sulfonamides is 1. The number of anilines is 2. The summed E-state index contributed by atoms with van der Waals surface area (Å²) in [7, 11) is -3.77. The summed E-state index contributed by atoms with van der Waals surface area (Å²) in [5.41, 5.74) is 0.814. The quantitative estimate of drug-likeness (QED) is 0.644. The molecule has 2 aromatic rings. The van der Waals surface area contributed by atoms with E-state index in [4.69, 9.17) is 0 Å². The number of nitrogens with one attached hydrogen (secondary N) is 3. The van der Waals surface area contributed by atoms with Crippen molar-refractivity contribution < 1.29 is 18.0 Å². The lowest BCUT2D eigenvalue weighted by atomic mass is 10.1. The van der Waals surface area contributed by atoms with Crippen molar-refractivity contribution in [3.05, 3.63) is 54.6 Å². The molecule has 0 atom stereocenters. The van der Waals surface area contributed by atoms with Crippen LogP contribution in [0.5, 0.6) is 0 Å².